The van der Waals surface area contributed by atoms with Crippen LogP contribution in [0.4, 0.5) is 4.79 Å². The lowest BCUT2D eigenvalue weighted by molar-refractivity contribution is 0.0590. The molecule has 0 fully saturated rings. The molecule has 1 heterocycles. The number of carbonyl (C=O) groups excluding carboxylic acids is 1. The molecule has 3 nitrogen and oxygen atoms in total. The minimum absolute atomic E-state index is 0.426. The van der Waals surface area contributed by atoms with Gasteiger partial charge in [0, 0.05) is 0 Å². The first-order valence-corrected chi connectivity index (χ1v) is 3.34. The summed E-state index contributed by atoms with van der Waals surface area (Å²) in [5.74, 6) is 0. The number of hydrogen-bond donors (Lipinski definition) is 0. The van der Waals surface area contributed by atoms with Gasteiger partial charge in [0.2, 0.25) is 0 Å². The first-order chi connectivity index (χ1) is 4.89. The highest BCUT2D eigenvalue weighted by Gasteiger charge is 2.02. The molecule has 0 saturated heterocycles. The molecule has 0 amide bonds. The van der Waals surface area contributed by atoms with E-state index in [2.05, 4.69) is 9.47 Å². The fourth-order valence-corrected chi connectivity index (χ4v) is 0.698. The van der Waals surface area contributed by atoms with Crippen LogP contribution in [0.3, 0.4) is 0 Å². The van der Waals surface area contributed by atoms with E-state index in [0.717, 1.165) is 12.8 Å². The van der Waals surface area contributed by atoms with Crippen LogP contribution in [0.1, 0.15) is 12.8 Å². The standard InChI is InChI=1S/C7H10O3/c8-7-9-5-3-1-2-4-6-10-7/h1-2H,3-6H2. The molecule has 1 aliphatic rings. The molecule has 1 rings (SSSR count). The lowest BCUT2D eigenvalue weighted by Gasteiger charge is -2.00. The first-order valence-electron chi connectivity index (χ1n) is 3.34. The van der Waals surface area contributed by atoms with Crippen molar-refractivity contribution in [3.8, 4) is 0 Å². The van der Waals surface area contributed by atoms with E-state index in [1.807, 2.05) is 12.2 Å². The molecule has 0 saturated carbocycles. The Kier molecular flexibility index (Phi) is 2.80. The molecule has 10 heavy (non-hydrogen) atoms. The molecule has 0 aromatic rings. The van der Waals surface area contributed by atoms with Crippen molar-refractivity contribution in [2.24, 2.45) is 0 Å². The molecule has 0 unspecified atom stereocenters. The van der Waals surface area contributed by atoms with Gasteiger partial charge in [0.25, 0.3) is 0 Å². The summed E-state index contributed by atoms with van der Waals surface area (Å²) in [6.45, 7) is 0.852. The Bertz CT molecular complexity index is 126. The summed E-state index contributed by atoms with van der Waals surface area (Å²) in [5, 5.41) is 0. The Balaban J connectivity index is 2.31. The number of cyclic esters (lactones) is 2. The van der Waals surface area contributed by atoms with E-state index in [4.69, 9.17) is 0 Å². The highest BCUT2D eigenvalue weighted by atomic mass is 16.7. The van der Waals surface area contributed by atoms with Crippen LogP contribution < -0.4 is 0 Å². The quantitative estimate of drug-likeness (QED) is 0.379. The second-order valence-electron chi connectivity index (χ2n) is 2.00. The van der Waals surface area contributed by atoms with Gasteiger partial charge in [-0.15, -0.1) is 0 Å². The van der Waals surface area contributed by atoms with Crippen LogP contribution in [0.5, 0.6) is 0 Å². The molecule has 0 spiro atoms. The smallest absolute Gasteiger partial charge is 0.434 e. The summed E-state index contributed by atoms with van der Waals surface area (Å²) in [6, 6.07) is 0. The lowest BCUT2D eigenvalue weighted by Crippen LogP contribution is -2.07. The third kappa shape index (κ3) is 2.53. The van der Waals surface area contributed by atoms with E-state index < -0.39 is 6.16 Å². The lowest BCUT2D eigenvalue weighted by atomic mass is 10.3. The normalized spacial score (nSPS) is 19.8. The van der Waals surface area contributed by atoms with E-state index >= 15 is 0 Å². The van der Waals surface area contributed by atoms with Gasteiger partial charge in [0.05, 0.1) is 13.2 Å². The third-order valence-electron chi connectivity index (χ3n) is 1.18. The fourth-order valence-electron chi connectivity index (χ4n) is 0.698. The van der Waals surface area contributed by atoms with Gasteiger partial charge in [0.15, 0.2) is 0 Å². The topological polar surface area (TPSA) is 35.5 Å². The van der Waals surface area contributed by atoms with Crippen LogP contribution in [0, 0.1) is 0 Å². The van der Waals surface area contributed by atoms with Gasteiger partial charge in [-0.3, -0.25) is 0 Å². The summed E-state index contributed by atoms with van der Waals surface area (Å²) >= 11 is 0. The van der Waals surface area contributed by atoms with Crippen molar-refractivity contribution in [1.82, 2.24) is 0 Å². The highest BCUT2D eigenvalue weighted by molar-refractivity contribution is 5.59. The molecule has 1 aliphatic heterocycles. The van der Waals surface area contributed by atoms with Gasteiger partial charge in [-0.05, 0) is 12.8 Å². The number of rotatable bonds is 0. The molecular weight excluding hydrogens is 132 g/mol. The van der Waals surface area contributed by atoms with Crippen LogP contribution in [0.15, 0.2) is 12.2 Å². The fraction of sp³-hybridized carbons (Fsp3) is 0.571. The van der Waals surface area contributed by atoms with Crippen molar-refractivity contribution in [3.05, 3.63) is 12.2 Å². The van der Waals surface area contributed by atoms with Gasteiger partial charge in [-0.1, -0.05) is 12.2 Å². The Labute approximate surface area is 59.6 Å². The Morgan fingerprint density at radius 1 is 1.10 bits per heavy atom. The zero-order chi connectivity index (χ0) is 7.23. The zero-order valence-corrected chi connectivity index (χ0v) is 5.71. The molecular formula is C7H10O3. The monoisotopic (exact) mass is 142 g/mol. The summed E-state index contributed by atoms with van der Waals surface area (Å²) in [4.78, 5) is 10.5. The largest absolute Gasteiger partial charge is 0.508 e. The number of carbonyl (C=O) groups is 1. The van der Waals surface area contributed by atoms with E-state index in [1.165, 1.54) is 0 Å². The maximum absolute atomic E-state index is 10.5. The van der Waals surface area contributed by atoms with Crippen molar-refractivity contribution in [2.45, 2.75) is 12.8 Å². The van der Waals surface area contributed by atoms with Crippen molar-refractivity contribution in [3.63, 3.8) is 0 Å². The summed E-state index contributed by atoms with van der Waals surface area (Å²) in [5.41, 5.74) is 0. The van der Waals surface area contributed by atoms with Crippen molar-refractivity contribution in [2.75, 3.05) is 13.2 Å². The number of hydrogen-bond acceptors (Lipinski definition) is 3. The maximum Gasteiger partial charge on any atom is 0.508 e. The molecule has 0 aliphatic carbocycles. The molecule has 0 radical (unpaired) electrons. The number of ether oxygens (including phenoxy) is 2. The Hall–Kier alpha value is -0.990. The Morgan fingerprint density at radius 2 is 1.60 bits per heavy atom. The minimum atomic E-state index is -0.552. The van der Waals surface area contributed by atoms with Crippen LogP contribution in [-0.2, 0) is 9.47 Å². The van der Waals surface area contributed by atoms with E-state index in [-0.39, 0.29) is 0 Å². The second-order valence-corrected chi connectivity index (χ2v) is 2.00. The van der Waals surface area contributed by atoms with Gasteiger partial charge in [0.1, 0.15) is 0 Å². The zero-order valence-electron chi connectivity index (χ0n) is 5.71. The predicted molar refractivity (Wildman–Crippen MR) is 35.7 cm³/mol. The molecule has 56 valence electrons. The molecule has 0 aromatic heterocycles. The van der Waals surface area contributed by atoms with E-state index in [9.17, 15) is 4.79 Å². The van der Waals surface area contributed by atoms with Crippen molar-refractivity contribution < 1.29 is 14.3 Å². The average molecular weight is 142 g/mol. The van der Waals surface area contributed by atoms with Gasteiger partial charge >= 0.3 is 6.16 Å². The van der Waals surface area contributed by atoms with E-state index in [0.29, 0.717) is 13.2 Å². The minimum Gasteiger partial charge on any atom is -0.434 e. The molecule has 0 N–H and O–H groups in total. The molecule has 3 heteroatoms. The third-order valence-corrected chi connectivity index (χ3v) is 1.18. The maximum atomic E-state index is 10.5. The molecule has 0 atom stereocenters. The highest BCUT2D eigenvalue weighted by Crippen LogP contribution is 1.96. The first kappa shape index (κ1) is 7.12. The molecule has 0 aromatic carbocycles. The summed E-state index contributed by atoms with van der Waals surface area (Å²) in [7, 11) is 0. The SMILES string of the molecule is O=C1OCCC=CCCO1. The Morgan fingerprint density at radius 3 is 2.10 bits per heavy atom. The molecule has 0 bridgehead atoms. The van der Waals surface area contributed by atoms with Crippen LogP contribution in [0.25, 0.3) is 0 Å². The summed E-state index contributed by atoms with van der Waals surface area (Å²) < 4.78 is 9.30. The average Bonchev–Trinajstić information content (AvgIpc) is 2.02. The van der Waals surface area contributed by atoms with Gasteiger partial charge in [-0.2, -0.15) is 0 Å². The van der Waals surface area contributed by atoms with Crippen molar-refractivity contribution in [1.29, 1.82) is 0 Å². The predicted octanol–water partition coefficient (Wildman–Crippen LogP) is 1.49. The van der Waals surface area contributed by atoms with Gasteiger partial charge < -0.3 is 9.47 Å². The second kappa shape index (κ2) is 3.93. The van der Waals surface area contributed by atoms with E-state index in [1.54, 1.807) is 0 Å². The summed E-state index contributed by atoms with van der Waals surface area (Å²) in [6.07, 6.45) is 5.00. The van der Waals surface area contributed by atoms with Crippen LogP contribution >= 0.6 is 0 Å². The van der Waals surface area contributed by atoms with Crippen molar-refractivity contribution >= 4 is 6.16 Å². The van der Waals surface area contributed by atoms with Crippen LogP contribution in [-0.4, -0.2) is 19.4 Å². The van der Waals surface area contributed by atoms with Gasteiger partial charge in [-0.25, -0.2) is 4.79 Å². The van der Waals surface area contributed by atoms with Crippen LogP contribution in [0.2, 0.25) is 0 Å².